The van der Waals surface area contributed by atoms with Crippen LogP contribution < -0.4 is 10.1 Å². The highest BCUT2D eigenvalue weighted by Crippen LogP contribution is 2.39. The predicted molar refractivity (Wildman–Crippen MR) is 101 cm³/mol. The minimum atomic E-state index is 0. The summed E-state index contributed by atoms with van der Waals surface area (Å²) in [6.45, 7) is 0.888. The zero-order valence-corrected chi connectivity index (χ0v) is 15.8. The second-order valence-corrected chi connectivity index (χ2v) is 7.67. The molecule has 3 heterocycles. The first-order valence-corrected chi connectivity index (χ1v) is 9.43. The van der Waals surface area contributed by atoms with Crippen molar-refractivity contribution in [1.29, 1.82) is 0 Å². The molecule has 25 heavy (non-hydrogen) atoms. The lowest BCUT2D eigenvalue weighted by molar-refractivity contribution is -0.133. The Kier molecular flexibility index (Phi) is 5.90. The van der Waals surface area contributed by atoms with Crippen LogP contribution in [0.25, 0.3) is 0 Å². The number of hydrogen-bond acceptors (Lipinski definition) is 3. The first kappa shape index (κ1) is 18.5. The number of benzene rings is 1. The molecule has 3 aliphatic rings. The summed E-state index contributed by atoms with van der Waals surface area (Å²) in [6, 6.07) is 9.65. The summed E-state index contributed by atoms with van der Waals surface area (Å²) in [5.74, 6) is 1.81. The largest absolute Gasteiger partial charge is 0.496 e. The molecule has 3 unspecified atom stereocenters. The minimum Gasteiger partial charge on any atom is -0.496 e. The number of para-hydroxylation sites is 1. The Morgan fingerprint density at radius 2 is 1.92 bits per heavy atom. The Labute approximate surface area is 156 Å². The van der Waals surface area contributed by atoms with Gasteiger partial charge in [0.25, 0.3) is 0 Å². The van der Waals surface area contributed by atoms with Crippen molar-refractivity contribution in [3.63, 3.8) is 0 Å². The van der Waals surface area contributed by atoms with E-state index in [1.807, 2.05) is 18.2 Å². The molecule has 0 spiro atoms. The number of ether oxygens (including phenoxy) is 1. The summed E-state index contributed by atoms with van der Waals surface area (Å²) in [5.41, 5.74) is 1.16. The topological polar surface area (TPSA) is 41.6 Å². The van der Waals surface area contributed by atoms with E-state index in [4.69, 9.17) is 4.74 Å². The molecule has 0 aliphatic carbocycles. The van der Waals surface area contributed by atoms with Crippen LogP contribution in [0.2, 0.25) is 0 Å². The van der Waals surface area contributed by atoms with Gasteiger partial charge in [0.05, 0.1) is 13.2 Å². The van der Waals surface area contributed by atoms with Gasteiger partial charge in [-0.2, -0.15) is 0 Å². The van der Waals surface area contributed by atoms with Crippen LogP contribution in [0, 0.1) is 5.92 Å². The number of nitrogens with one attached hydrogen (secondary N) is 1. The number of amides is 1. The number of carbonyl (C=O) groups excluding carboxylic acids is 1. The second kappa shape index (κ2) is 7.96. The normalized spacial score (nSPS) is 30.8. The zero-order valence-electron chi connectivity index (χ0n) is 14.9. The van der Waals surface area contributed by atoms with E-state index in [1.54, 1.807) is 7.11 Å². The van der Waals surface area contributed by atoms with Gasteiger partial charge in [-0.25, -0.2) is 0 Å². The fraction of sp³-hybridized carbons (Fsp3) is 0.650. The van der Waals surface area contributed by atoms with E-state index in [0.717, 1.165) is 37.1 Å². The molecule has 2 bridgehead atoms. The van der Waals surface area contributed by atoms with Crippen LogP contribution in [0.15, 0.2) is 24.3 Å². The van der Waals surface area contributed by atoms with Gasteiger partial charge in [-0.05, 0) is 50.5 Å². The van der Waals surface area contributed by atoms with Gasteiger partial charge in [0.15, 0.2) is 0 Å². The maximum atomic E-state index is 13.0. The summed E-state index contributed by atoms with van der Waals surface area (Å²) in [5, 5.41) is 3.67. The fourth-order valence-corrected chi connectivity index (χ4v) is 5.04. The molecular formula is C20H29ClN2O2. The smallest absolute Gasteiger partial charge is 0.223 e. The molecule has 4 nitrogen and oxygen atoms in total. The number of rotatable bonds is 4. The zero-order chi connectivity index (χ0) is 16.5. The van der Waals surface area contributed by atoms with Gasteiger partial charge in [-0.1, -0.05) is 18.2 Å². The van der Waals surface area contributed by atoms with Crippen molar-refractivity contribution < 1.29 is 9.53 Å². The predicted octanol–water partition coefficient (Wildman–Crippen LogP) is 3.70. The molecule has 0 aromatic heterocycles. The lowest BCUT2D eigenvalue weighted by Crippen LogP contribution is -2.40. The third-order valence-electron chi connectivity index (χ3n) is 6.11. The van der Waals surface area contributed by atoms with Crippen LogP contribution in [0.4, 0.5) is 0 Å². The van der Waals surface area contributed by atoms with Gasteiger partial charge >= 0.3 is 0 Å². The number of fused-ring (bicyclic) bond motifs is 2. The van der Waals surface area contributed by atoms with Crippen molar-refractivity contribution in [2.75, 3.05) is 13.7 Å². The average Bonchev–Trinajstić information content (AvgIpc) is 3.21. The molecule has 3 saturated heterocycles. The molecule has 138 valence electrons. The highest BCUT2D eigenvalue weighted by molar-refractivity contribution is 5.85. The van der Waals surface area contributed by atoms with Gasteiger partial charge in [0.2, 0.25) is 5.91 Å². The monoisotopic (exact) mass is 364 g/mol. The summed E-state index contributed by atoms with van der Waals surface area (Å²) < 4.78 is 5.53. The number of carbonyl (C=O) groups is 1. The maximum absolute atomic E-state index is 13.0. The van der Waals surface area contributed by atoms with Crippen LogP contribution in [0.3, 0.4) is 0 Å². The van der Waals surface area contributed by atoms with Crippen LogP contribution in [0.5, 0.6) is 5.75 Å². The highest BCUT2D eigenvalue weighted by Gasteiger charge is 2.37. The Balaban J connectivity index is 0.00000182. The fourth-order valence-electron chi connectivity index (χ4n) is 5.04. The lowest BCUT2D eigenvalue weighted by Gasteiger charge is -2.32. The summed E-state index contributed by atoms with van der Waals surface area (Å²) >= 11 is 0. The van der Waals surface area contributed by atoms with Gasteiger partial charge in [0.1, 0.15) is 5.75 Å². The third-order valence-corrected chi connectivity index (χ3v) is 6.11. The Bertz CT molecular complexity index is 597. The molecule has 3 atom stereocenters. The SMILES string of the molecule is COc1ccccc1C1CCCN1C(=O)CC1CC2CCC(C1)N2.Cl. The van der Waals surface area contributed by atoms with E-state index in [9.17, 15) is 4.79 Å². The summed E-state index contributed by atoms with van der Waals surface area (Å²) in [7, 11) is 1.71. The summed E-state index contributed by atoms with van der Waals surface area (Å²) in [4.78, 5) is 15.1. The van der Waals surface area contributed by atoms with Crippen molar-refractivity contribution in [1.82, 2.24) is 10.2 Å². The van der Waals surface area contributed by atoms with Gasteiger partial charge in [0, 0.05) is 30.6 Å². The summed E-state index contributed by atoms with van der Waals surface area (Å²) in [6.07, 6.45) is 7.80. The number of halogens is 1. The maximum Gasteiger partial charge on any atom is 0.223 e. The van der Waals surface area contributed by atoms with Crippen molar-refractivity contribution in [2.24, 2.45) is 5.92 Å². The van der Waals surface area contributed by atoms with Crippen LogP contribution in [-0.4, -0.2) is 36.5 Å². The van der Waals surface area contributed by atoms with E-state index in [1.165, 1.54) is 25.7 Å². The molecule has 1 amide bonds. The molecule has 4 rings (SSSR count). The van der Waals surface area contributed by atoms with E-state index in [0.29, 0.717) is 23.9 Å². The quantitative estimate of drug-likeness (QED) is 0.885. The van der Waals surface area contributed by atoms with Crippen molar-refractivity contribution in [3.8, 4) is 5.75 Å². The first-order chi connectivity index (χ1) is 11.7. The van der Waals surface area contributed by atoms with Crippen LogP contribution in [-0.2, 0) is 4.79 Å². The third kappa shape index (κ3) is 3.80. The van der Waals surface area contributed by atoms with Gasteiger partial charge < -0.3 is 15.0 Å². The Morgan fingerprint density at radius 1 is 1.20 bits per heavy atom. The number of nitrogens with zero attached hydrogens (tertiary/aromatic N) is 1. The molecule has 0 radical (unpaired) electrons. The molecule has 5 heteroatoms. The van der Waals surface area contributed by atoms with Crippen molar-refractivity contribution in [2.45, 2.75) is 63.1 Å². The second-order valence-electron chi connectivity index (χ2n) is 7.67. The number of methoxy groups -OCH3 is 1. The van der Waals surface area contributed by atoms with E-state index >= 15 is 0 Å². The molecular weight excluding hydrogens is 336 g/mol. The molecule has 1 aromatic rings. The standard InChI is InChI=1S/C20H28N2O2.ClH/c1-24-19-7-3-2-5-17(19)18-6-4-10-22(18)20(23)13-14-11-15-8-9-16(12-14)21-15;/h2-3,5,7,14-16,18,21H,4,6,8-13H2,1H3;1H. The molecule has 3 fully saturated rings. The Morgan fingerprint density at radius 3 is 2.64 bits per heavy atom. The number of hydrogen-bond donors (Lipinski definition) is 1. The molecule has 1 aromatic carbocycles. The number of piperidine rings is 1. The van der Waals surface area contributed by atoms with Gasteiger partial charge in [-0.3, -0.25) is 4.79 Å². The van der Waals surface area contributed by atoms with Crippen LogP contribution >= 0.6 is 12.4 Å². The number of likely N-dealkylation sites (tertiary alicyclic amines) is 1. The minimum absolute atomic E-state index is 0. The highest BCUT2D eigenvalue weighted by atomic mass is 35.5. The lowest BCUT2D eigenvalue weighted by atomic mass is 9.89. The Hall–Kier alpha value is -1.26. The van der Waals surface area contributed by atoms with Gasteiger partial charge in [-0.15, -0.1) is 12.4 Å². The van der Waals surface area contributed by atoms with E-state index < -0.39 is 0 Å². The van der Waals surface area contributed by atoms with Crippen molar-refractivity contribution >= 4 is 18.3 Å². The average molecular weight is 365 g/mol. The van der Waals surface area contributed by atoms with E-state index in [2.05, 4.69) is 16.3 Å². The van der Waals surface area contributed by atoms with Crippen molar-refractivity contribution in [3.05, 3.63) is 29.8 Å². The van der Waals surface area contributed by atoms with E-state index in [-0.39, 0.29) is 18.4 Å². The molecule has 1 N–H and O–H groups in total. The van der Waals surface area contributed by atoms with Crippen LogP contribution in [0.1, 0.15) is 56.6 Å². The first-order valence-electron chi connectivity index (χ1n) is 9.43. The molecule has 0 saturated carbocycles. The molecule has 3 aliphatic heterocycles.